The SMILES string of the molecule is COc1ccc(C(=O)Nc2cc(-c3cccn3C)n(C)n2)cc1C(=O)O. The molecule has 1 aromatic carbocycles. The van der Waals surface area contributed by atoms with Crippen LogP contribution in [0.4, 0.5) is 5.82 Å². The fourth-order valence-electron chi connectivity index (χ4n) is 2.70. The van der Waals surface area contributed by atoms with Gasteiger partial charge in [-0.15, -0.1) is 0 Å². The molecule has 8 heteroatoms. The van der Waals surface area contributed by atoms with Crippen molar-refractivity contribution in [3.8, 4) is 17.1 Å². The van der Waals surface area contributed by atoms with Gasteiger partial charge in [-0.05, 0) is 30.3 Å². The monoisotopic (exact) mass is 354 g/mol. The van der Waals surface area contributed by atoms with Gasteiger partial charge >= 0.3 is 5.97 Å². The second kappa shape index (κ2) is 6.75. The molecule has 3 rings (SSSR count). The summed E-state index contributed by atoms with van der Waals surface area (Å²) in [7, 11) is 5.08. The van der Waals surface area contributed by atoms with Crippen LogP contribution in [0.5, 0.6) is 5.75 Å². The highest BCUT2D eigenvalue weighted by molar-refractivity contribution is 6.05. The lowest BCUT2D eigenvalue weighted by atomic mass is 10.1. The minimum absolute atomic E-state index is 0.0781. The first-order valence-electron chi connectivity index (χ1n) is 7.79. The van der Waals surface area contributed by atoms with Crippen LogP contribution < -0.4 is 10.1 Å². The minimum Gasteiger partial charge on any atom is -0.496 e. The van der Waals surface area contributed by atoms with Crippen molar-refractivity contribution in [2.75, 3.05) is 12.4 Å². The first kappa shape index (κ1) is 17.3. The Kier molecular flexibility index (Phi) is 4.49. The zero-order valence-electron chi connectivity index (χ0n) is 14.6. The molecular weight excluding hydrogens is 336 g/mol. The van der Waals surface area contributed by atoms with E-state index in [2.05, 4.69) is 10.4 Å². The number of aromatic carboxylic acids is 1. The third-order valence-corrected chi connectivity index (χ3v) is 4.02. The Labute approximate surface area is 149 Å². The van der Waals surface area contributed by atoms with Crippen LogP contribution in [0, 0.1) is 0 Å². The van der Waals surface area contributed by atoms with Gasteiger partial charge in [0.1, 0.15) is 11.3 Å². The summed E-state index contributed by atoms with van der Waals surface area (Å²) in [5.74, 6) is -1.05. The number of carboxylic acid groups (broad SMARTS) is 1. The van der Waals surface area contributed by atoms with Gasteiger partial charge in [0.25, 0.3) is 5.91 Å². The van der Waals surface area contributed by atoms with Gasteiger partial charge in [0.15, 0.2) is 5.82 Å². The third-order valence-electron chi connectivity index (χ3n) is 4.02. The molecule has 0 unspecified atom stereocenters. The number of carboxylic acids is 1. The molecule has 2 aromatic heterocycles. The number of aryl methyl sites for hydroxylation is 2. The van der Waals surface area contributed by atoms with Gasteiger partial charge in [0.2, 0.25) is 0 Å². The molecule has 0 aliphatic rings. The largest absolute Gasteiger partial charge is 0.496 e. The lowest BCUT2D eigenvalue weighted by Crippen LogP contribution is -2.14. The van der Waals surface area contributed by atoms with Crippen LogP contribution in [-0.4, -0.2) is 38.4 Å². The van der Waals surface area contributed by atoms with E-state index in [-0.39, 0.29) is 16.9 Å². The first-order valence-corrected chi connectivity index (χ1v) is 7.79. The Bertz CT molecular complexity index is 987. The maximum Gasteiger partial charge on any atom is 0.339 e. The van der Waals surface area contributed by atoms with Crippen molar-refractivity contribution in [2.45, 2.75) is 0 Å². The Hall–Kier alpha value is -3.55. The number of benzene rings is 1. The number of nitrogens with one attached hydrogen (secondary N) is 1. The van der Waals surface area contributed by atoms with Gasteiger partial charge in [0.05, 0.1) is 18.5 Å². The molecule has 134 valence electrons. The van der Waals surface area contributed by atoms with Gasteiger partial charge in [-0.2, -0.15) is 5.10 Å². The lowest BCUT2D eigenvalue weighted by Gasteiger charge is -2.07. The molecule has 0 fully saturated rings. The van der Waals surface area contributed by atoms with Crippen molar-refractivity contribution in [3.63, 3.8) is 0 Å². The quantitative estimate of drug-likeness (QED) is 0.733. The van der Waals surface area contributed by atoms with Gasteiger partial charge in [-0.3, -0.25) is 9.48 Å². The predicted molar refractivity (Wildman–Crippen MR) is 95.5 cm³/mol. The summed E-state index contributed by atoms with van der Waals surface area (Å²) in [6.07, 6.45) is 1.92. The highest BCUT2D eigenvalue weighted by atomic mass is 16.5. The first-order chi connectivity index (χ1) is 12.4. The van der Waals surface area contributed by atoms with Gasteiger partial charge in [0, 0.05) is 31.9 Å². The average Bonchev–Trinajstić information content (AvgIpc) is 3.19. The summed E-state index contributed by atoms with van der Waals surface area (Å²) in [4.78, 5) is 23.8. The molecule has 0 atom stereocenters. The number of ether oxygens (including phenoxy) is 1. The van der Waals surface area contributed by atoms with Crippen molar-refractivity contribution >= 4 is 17.7 Å². The highest BCUT2D eigenvalue weighted by Gasteiger charge is 2.17. The summed E-state index contributed by atoms with van der Waals surface area (Å²) >= 11 is 0. The normalized spacial score (nSPS) is 10.6. The van der Waals surface area contributed by atoms with Crippen molar-refractivity contribution in [1.29, 1.82) is 0 Å². The molecule has 8 nitrogen and oxygen atoms in total. The molecule has 0 saturated carbocycles. The van der Waals surface area contributed by atoms with Gasteiger partial charge < -0.3 is 19.7 Å². The smallest absolute Gasteiger partial charge is 0.339 e. The second-order valence-electron chi connectivity index (χ2n) is 5.72. The molecule has 0 saturated heterocycles. The fraction of sp³-hybridized carbons (Fsp3) is 0.167. The van der Waals surface area contributed by atoms with Crippen LogP contribution in [0.25, 0.3) is 11.4 Å². The van der Waals surface area contributed by atoms with Crippen LogP contribution in [0.1, 0.15) is 20.7 Å². The molecule has 0 aliphatic carbocycles. The topological polar surface area (TPSA) is 98.4 Å². The molecular formula is C18H18N4O4. The van der Waals surface area contributed by atoms with Crippen molar-refractivity contribution in [1.82, 2.24) is 14.3 Å². The zero-order valence-corrected chi connectivity index (χ0v) is 14.6. The van der Waals surface area contributed by atoms with E-state index in [4.69, 9.17) is 4.74 Å². The molecule has 0 radical (unpaired) electrons. The van der Waals surface area contributed by atoms with Crippen molar-refractivity contribution < 1.29 is 19.4 Å². The second-order valence-corrected chi connectivity index (χ2v) is 5.72. The van der Waals surface area contributed by atoms with Crippen molar-refractivity contribution in [2.24, 2.45) is 14.1 Å². The maximum atomic E-state index is 12.5. The number of rotatable bonds is 5. The average molecular weight is 354 g/mol. The number of hydrogen-bond acceptors (Lipinski definition) is 4. The number of nitrogens with zero attached hydrogens (tertiary/aromatic N) is 3. The summed E-state index contributed by atoms with van der Waals surface area (Å²) in [5, 5.41) is 16.2. The summed E-state index contributed by atoms with van der Waals surface area (Å²) < 4.78 is 8.62. The molecule has 3 aromatic rings. The molecule has 0 aliphatic heterocycles. The third kappa shape index (κ3) is 3.16. The van der Waals surface area contributed by atoms with E-state index < -0.39 is 11.9 Å². The van der Waals surface area contributed by atoms with E-state index >= 15 is 0 Å². The van der Waals surface area contributed by atoms with E-state index in [1.54, 1.807) is 17.8 Å². The molecule has 1 amide bonds. The molecule has 26 heavy (non-hydrogen) atoms. The lowest BCUT2D eigenvalue weighted by molar-refractivity contribution is 0.0693. The fourth-order valence-corrected chi connectivity index (χ4v) is 2.70. The van der Waals surface area contributed by atoms with E-state index in [1.165, 1.54) is 25.3 Å². The number of amides is 1. The number of aromatic nitrogens is 3. The van der Waals surface area contributed by atoms with Crippen LogP contribution >= 0.6 is 0 Å². The maximum absolute atomic E-state index is 12.5. The highest BCUT2D eigenvalue weighted by Crippen LogP contribution is 2.23. The van der Waals surface area contributed by atoms with Crippen LogP contribution in [0.15, 0.2) is 42.6 Å². The Morgan fingerprint density at radius 1 is 1.15 bits per heavy atom. The number of methoxy groups -OCH3 is 1. The molecule has 0 bridgehead atoms. The number of hydrogen-bond donors (Lipinski definition) is 2. The Morgan fingerprint density at radius 2 is 1.92 bits per heavy atom. The summed E-state index contributed by atoms with van der Waals surface area (Å²) in [5.41, 5.74) is 1.92. The van der Waals surface area contributed by atoms with Gasteiger partial charge in [-0.1, -0.05) is 0 Å². The van der Waals surface area contributed by atoms with Crippen molar-refractivity contribution in [3.05, 3.63) is 53.7 Å². The predicted octanol–water partition coefficient (Wildman–Crippen LogP) is 2.38. The van der Waals surface area contributed by atoms with E-state index in [0.29, 0.717) is 5.82 Å². The van der Waals surface area contributed by atoms with Crippen LogP contribution in [0.3, 0.4) is 0 Å². The zero-order chi connectivity index (χ0) is 18.8. The van der Waals surface area contributed by atoms with E-state index in [0.717, 1.165) is 11.4 Å². The number of carbonyl (C=O) groups is 2. The van der Waals surface area contributed by atoms with Gasteiger partial charge in [-0.25, -0.2) is 4.79 Å². The molecule has 0 spiro atoms. The number of anilines is 1. The Morgan fingerprint density at radius 3 is 2.54 bits per heavy atom. The minimum atomic E-state index is -1.17. The summed E-state index contributed by atoms with van der Waals surface area (Å²) in [6.45, 7) is 0. The van der Waals surface area contributed by atoms with E-state index in [1.807, 2.05) is 29.9 Å². The number of carbonyl (C=O) groups excluding carboxylic acids is 1. The standard InChI is InChI=1S/C18H18N4O4/c1-21-8-4-5-13(21)14-10-16(20-22(14)2)19-17(23)11-6-7-15(26-3)12(9-11)18(24)25/h4-10H,1-3H3,(H,24,25)(H,19,20,23). The molecule has 2 heterocycles. The van der Waals surface area contributed by atoms with Crippen LogP contribution in [0.2, 0.25) is 0 Å². The summed E-state index contributed by atoms with van der Waals surface area (Å²) in [6, 6.07) is 9.86. The van der Waals surface area contributed by atoms with E-state index in [9.17, 15) is 14.7 Å². The van der Waals surface area contributed by atoms with Crippen LogP contribution in [-0.2, 0) is 14.1 Å². The molecule has 2 N–H and O–H groups in total. The Balaban J connectivity index is 1.86.